The van der Waals surface area contributed by atoms with Crippen molar-refractivity contribution in [3.63, 3.8) is 0 Å². The predicted molar refractivity (Wildman–Crippen MR) is 53.6 cm³/mol. The monoisotopic (exact) mass is 175 g/mol. The maximum atomic E-state index is 4.26. The number of nitrogens with one attached hydrogen (secondary N) is 1. The first-order chi connectivity index (χ1) is 6.29. The first kappa shape index (κ1) is 8.10. The summed E-state index contributed by atoms with van der Waals surface area (Å²) < 4.78 is 0. The van der Waals surface area contributed by atoms with E-state index >= 15 is 0 Å². The lowest BCUT2D eigenvalue weighted by Crippen LogP contribution is -2.25. The van der Waals surface area contributed by atoms with E-state index < -0.39 is 0 Å². The second-order valence-corrected chi connectivity index (χ2v) is 3.38. The van der Waals surface area contributed by atoms with E-state index in [9.17, 15) is 0 Å². The Bertz CT molecular complexity index is 321. The molecule has 0 bridgehead atoms. The Morgan fingerprint density at radius 1 is 1.46 bits per heavy atom. The minimum Gasteiger partial charge on any atom is -0.363 e. The molecule has 0 aromatic rings. The van der Waals surface area contributed by atoms with Gasteiger partial charge in [-0.1, -0.05) is 13.8 Å². The number of aliphatic imine (C=N–C) groups is 1. The number of fused-ring (bicyclic) bond motifs is 1. The summed E-state index contributed by atoms with van der Waals surface area (Å²) in [5, 5.41) is 3.02. The van der Waals surface area contributed by atoms with E-state index in [-0.39, 0.29) is 0 Å². The van der Waals surface area contributed by atoms with Gasteiger partial charge in [0.2, 0.25) is 0 Å². The smallest absolute Gasteiger partial charge is 0.153 e. The first-order valence-corrected chi connectivity index (χ1v) is 4.45. The quantitative estimate of drug-likeness (QED) is 0.658. The fourth-order valence-electron chi connectivity index (χ4n) is 1.44. The SMILES string of the molecule is CC(C)C1=CC=NC2=CNC=CN21. The Morgan fingerprint density at radius 2 is 2.31 bits per heavy atom. The molecule has 13 heavy (non-hydrogen) atoms. The minimum absolute atomic E-state index is 0.512. The molecule has 0 saturated heterocycles. The highest BCUT2D eigenvalue weighted by Gasteiger charge is 2.18. The van der Waals surface area contributed by atoms with Crippen LogP contribution in [0.3, 0.4) is 0 Å². The van der Waals surface area contributed by atoms with Crippen LogP contribution in [0.2, 0.25) is 0 Å². The van der Waals surface area contributed by atoms with Gasteiger partial charge < -0.3 is 10.2 Å². The van der Waals surface area contributed by atoms with Crippen LogP contribution in [-0.2, 0) is 0 Å². The van der Waals surface area contributed by atoms with Crippen molar-refractivity contribution in [3.8, 4) is 0 Å². The van der Waals surface area contributed by atoms with E-state index in [1.54, 1.807) is 0 Å². The normalized spacial score (nSPS) is 19.5. The molecule has 68 valence electrons. The number of hydrogen-bond donors (Lipinski definition) is 1. The molecule has 0 amide bonds. The van der Waals surface area contributed by atoms with Gasteiger partial charge in [0.15, 0.2) is 5.82 Å². The Labute approximate surface area is 78.1 Å². The van der Waals surface area contributed by atoms with E-state index in [2.05, 4.69) is 35.1 Å². The van der Waals surface area contributed by atoms with E-state index in [0.29, 0.717) is 5.92 Å². The zero-order chi connectivity index (χ0) is 9.26. The minimum atomic E-state index is 0.512. The van der Waals surface area contributed by atoms with Gasteiger partial charge in [0.25, 0.3) is 0 Å². The van der Waals surface area contributed by atoms with Gasteiger partial charge >= 0.3 is 0 Å². The molecule has 0 aromatic carbocycles. The number of nitrogens with zero attached hydrogens (tertiary/aromatic N) is 2. The number of allylic oxidation sites excluding steroid dienone is 2. The van der Waals surface area contributed by atoms with Gasteiger partial charge in [-0.3, -0.25) is 0 Å². The molecule has 2 aliphatic rings. The average molecular weight is 175 g/mol. The van der Waals surface area contributed by atoms with Gasteiger partial charge in [-0.2, -0.15) is 0 Å². The lowest BCUT2D eigenvalue weighted by molar-refractivity contribution is 0.475. The molecule has 3 heteroatoms. The molecule has 0 aromatic heterocycles. The molecular weight excluding hydrogens is 162 g/mol. The van der Waals surface area contributed by atoms with Crippen molar-refractivity contribution in [1.29, 1.82) is 0 Å². The number of hydrogen-bond acceptors (Lipinski definition) is 3. The van der Waals surface area contributed by atoms with Crippen molar-refractivity contribution in [3.05, 3.63) is 36.2 Å². The van der Waals surface area contributed by atoms with Crippen molar-refractivity contribution in [2.75, 3.05) is 0 Å². The second-order valence-electron chi connectivity index (χ2n) is 3.38. The molecule has 0 fully saturated rings. The third kappa shape index (κ3) is 1.37. The highest BCUT2D eigenvalue weighted by Crippen LogP contribution is 2.24. The van der Waals surface area contributed by atoms with Crippen LogP contribution in [0.25, 0.3) is 0 Å². The molecule has 0 aliphatic carbocycles. The van der Waals surface area contributed by atoms with Crippen LogP contribution in [0, 0.1) is 5.92 Å². The molecule has 3 nitrogen and oxygen atoms in total. The summed E-state index contributed by atoms with van der Waals surface area (Å²) in [4.78, 5) is 6.35. The maximum absolute atomic E-state index is 4.26. The summed E-state index contributed by atoms with van der Waals surface area (Å²) >= 11 is 0. The summed E-state index contributed by atoms with van der Waals surface area (Å²) in [5.41, 5.74) is 1.28. The zero-order valence-electron chi connectivity index (χ0n) is 7.86. The van der Waals surface area contributed by atoms with Crippen LogP contribution >= 0.6 is 0 Å². The van der Waals surface area contributed by atoms with Gasteiger partial charge in [-0.15, -0.1) is 0 Å². The topological polar surface area (TPSA) is 27.6 Å². The fraction of sp³-hybridized carbons (Fsp3) is 0.300. The van der Waals surface area contributed by atoms with Gasteiger partial charge in [-0.05, 0) is 12.0 Å². The molecular formula is C10H13N3. The van der Waals surface area contributed by atoms with Gasteiger partial charge in [0, 0.05) is 30.5 Å². The van der Waals surface area contributed by atoms with Crippen molar-refractivity contribution in [1.82, 2.24) is 10.2 Å². The van der Waals surface area contributed by atoms with E-state index in [4.69, 9.17) is 0 Å². The van der Waals surface area contributed by atoms with Gasteiger partial charge in [-0.25, -0.2) is 4.99 Å². The summed E-state index contributed by atoms with van der Waals surface area (Å²) in [7, 11) is 0. The molecule has 0 unspecified atom stereocenters. The highest BCUT2D eigenvalue weighted by molar-refractivity contribution is 5.75. The molecule has 0 saturated carbocycles. The van der Waals surface area contributed by atoms with E-state index in [1.165, 1.54) is 5.70 Å². The van der Waals surface area contributed by atoms with Crippen LogP contribution < -0.4 is 5.32 Å². The Balaban J connectivity index is 2.33. The molecule has 0 atom stereocenters. The summed E-state index contributed by atoms with van der Waals surface area (Å²) in [6.45, 7) is 4.36. The molecule has 2 rings (SSSR count). The van der Waals surface area contributed by atoms with Crippen LogP contribution in [0.4, 0.5) is 0 Å². The highest BCUT2D eigenvalue weighted by atomic mass is 15.2. The van der Waals surface area contributed by atoms with Crippen LogP contribution in [0.1, 0.15) is 13.8 Å². The third-order valence-electron chi connectivity index (χ3n) is 2.10. The maximum Gasteiger partial charge on any atom is 0.153 e. The van der Waals surface area contributed by atoms with Crippen LogP contribution in [-0.4, -0.2) is 11.1 Å². The third-order valence-corrected chi connectivity index (χ3v) is 2.10. The first-order valence-electron chi connectivity index (χ1n) is 4.45. The average Bonchev–Trinajstić information content (AvgIpc) is 2.17. The van der Waals surface area contributed by atoms with Crippen molar-refractivity contribution >= 4 is 6.21 Å². The lowest BCUT2D eigenvalue weighted by Gasteiger charge is -2.30. The molecule has 2 aliphatic heterocycles. The second kappa shape index (κ2) is 3.09. The zero-order valence-corrected chi connectivity index (χ0v) is 7.86. The summed E-state index contributed by atoms with van der Waals surface area (Å²) in [6.07, 6.45) is 9.69. The van der Waals surface area contributed by atoms with Crippen LogP contribution in [0.15, 0.2) is 41.2 Å². The van der Waals surface area contributed by atoms with E-state index in [1.807, 2.05) is 24.8 Å². The predicted octanol–water partition coefficient (Wildman–Crippen LogP) is 1.79. The fourth-order valence-corrected chi connectivity index (χ4v) is 1.44. The Kier molecular flexibility index (Phi) is 1.93. The van der Waals surface area contributed by atoms with Gasteiger partial charge in [0.1, 0.15) is 0 Å². The largest absolute Gasteiger partial charge is 0.363 e. The molecule has 0 spiro atoms. The van der Waals surface area contributed by atoms with E-state index in [0.717, 1.165) is 5.82 Å². The standard InChI is InChI=1S/C10H13N3/c1-8(2)9-3-4-12-10-7-11-5-6-13(9)10/h3-8,11H,1-2H3. The molecule has 0 radical (unpaired) electrons. The molecule has 2 heterocycles. The Morgan fingerprint density at radius 3 is 3.08 bits per heavy atom. The van der Waals surface area contributed by atoms with Crippen molar-refractivity contribution < 1.29 is 0 Å². The Hall–Kier alpha value is -1.51. The van der Waals surface area contributed by atoms with Crippen molar-refractivity contribution in [2.24, 2.45) is 10.9 Å². The van der Waals surface area contributed by atoms with Crippen molar-refractivity contribution in [2.45, 2.75) is 13.8 Å². The van der Waals surface area contributed by atoms with Gasteiger partial charge in [0.05, 0.1) is 0 Å². The number of rotatable bonds is 1. The van der Waals surface area contributed by atoms with Crippen LogP contribution in [0.5, 0.6) is 0 Å². The molecule has 1 N–H and O–H groups in total. The summed E-state index contributed by atoms with van der Waals surface area (Å²) in [5.74, 6) is 1.46. The summed E-state index contributed by atoms with van der Waals surface area (Å²) in [6, 6.07) is 0. The lowest BCUT2D eigenvalue weighted by atomic mass is 10.1.